The molecule has 1 aromatic heterocycles. The molecule has 0 bridgehead atoms. The van der Waals surface area contributed by atoms with E-state index in [2.05, 4.69) is 22.8 Å². The van der Waals surface area contributed by atoms with Gasteiger partial charge in [0, 0.05) is 41.8 Å². The zero-order chi connectivity index (χ0) is 20.3. The van der Waals surface area contributed by atoms with Crippen LogP contribution in [-0.4, -0.2) is 35.9 Å². The van der Waals surface area contributed by atoms with Crippen LogP contribution in [-0.2, 0) is 16.0 Å². The van der Waals surface area contributed by atoms with Crippen molar-refractivity contribution in [1.82, 2.24) is 10.2 Å². The molecular formula is C23H28N2O3S. The molecule has 4 rings (SSSR count). The fourth-order valence-corrected chi connectivity index (χ4v) is 5.60. The van der Waals surface area contributed by atoms with E-state index in [-0.39, 0.29) is 23.4 Å². The molecule has 0 aliphatic carbocycles. The van der Waals surface area contributed by atoms with E-state index in [1.165, 1.54) is 4.88 Å². The third kappa shape index (κ3) is 4.32. The molecule has 2 aliphatic heterocycles. The lowest BCUT2D eigenvalue weighted by molar-refractivity contribution is -0.132. The van der Waals surface area contributed by atoms with Gasteiger partial charge in [-0.05, 0) is 43.2 Å². The molecule has 1 N–H and O–H groups in total. The average molecular weight is 413 g/mol. The Morgan fingerprint density at radius 1 is 1.31 bits per heavy atom. The second-order valence-electron chi connectivity index (χ2n) is 8.07. The van der Waals surface area contributed by atoms with Crippen LogP contribution in [0.15, 0.2) is 41.8 Å². The minimum absolute atomic E-state index is 0.0741. The van der Waals surface area contributed by atoms with E-state index in [1.54, 1.807) is 18.4 Å². The maximum atomic E-state index is 13.2. The zero-order valence-corrected chi connectivity index (χ0v) is 17.7. The number of nitrogens with one attached hydrogen (secondary N) is 1. The Hall–Kier alpha value is -2.34. The van der Waals surface area contributed by atoms with Crippen molar-refractivity contribution in [2.24, 2.45) is 0 Å². The Morgan fingerprint density at radius 2 is 2.17 bits per heavy atom. The molecule has 5 nitrogen and oxygen atoms in total. The largest absolute Gasteiger partial charge is 0.496 e. The maximum Gasteiger partial charge on any atom is 0.223 e. The highest BCUT2D eigenvalue weighted by Gasteiger charge is 2.39. The van der Waals surface area contributed by atoms with E-state index in [4.69, 9.17) is 4.74 Å². The van der Waals surface area contributed by atoms with E-state index < -0.39 is 0 Å². The summed E-state index contributed by atoms with van der Waals surface area (Å²) in [6.07, 6.45) is 5.26. The van der Waals surface area contributed by atoms with Gasteiger partial charge in [0.15, 0.2) is 0 Å². The summed E-state index contributed by atoms with van der Waals surface area (Å²) < 4.78 is 5.53. The first-order chi connectivity index (χ1) is 14.1. The molecule has 154 valence electrons. The number of para-hydroxylation sites is 1. The van der Waals surface area contributed by atoms with Crippen LogP contribution in [0.25, 0.3) is 0 Å². The standard InChI is InChI=1S/C23H28N2O3S/c1-28-20-9-3-2-7-18(20)19-8-4-14-25(19)22(27)11-13-23(12-10-21(26)24-23)16-17-6-5-15-29-17/h2-3,5-7,9,15,19H,4,8,10-14,16H2,1H3,(H,24,26)/t19-,23+/m0/s1. The van der Waals surface area contributed by atoms with Crippen LogP contribution in [0.1, 0.15) is 55.0 Å². The van der Waals surface area contributed by atoms with Crippen molar-refractivity contribution in [1.29, 1.82) is 0 Å². The lowest BCUT2D eigenvalue weighted by Gasteiger charge is -2.31. The zero-order valence-electron chi connectivity index (χ0n) is 16.9. The Labute approximate surface area is 176 Å². The molecule has 3 heterocycles. The predicted molar refractivity (Wildman–Crippen MR) is 114 cm³/mol. The van der Waals surface area contributed by atoms with Crippen LogP contribution in [0.2, 0.25) is 0 Å². The number of benzene rings is 1. The molecule has 2 fully saturated rings. The molecular weight excluding hydrogens is 384 g/mol. The molecule has 2 amide bonds. The molecule has 0 spiro atoms. The van der Waals surface area contributed by atoms with Crippen LogP contribution >= 0.6 is 11.3 Å². The first-order valence-corrected chi connectivity index (χ1v) is 11.2. The van der Waals surface area contributed by atoms with Gasteiger partial charge in [0.1, 0.15) is 5.75 Å². The molecule has 2 saturated heterocycles. The third-order valence-corrected chi connectivity index (χ3v) is 7.09. The Balaban J connectivity index is 1.45. The average Bonchev–Trinajstić information content (AvgIpc) is 3.48. The van der Waals surface area contributed by atoms with Gasteiger partial charge < -0.3 is 15.0 Å². The lowest BCUT2D eigenvalue weighted by atomic mass is 9.87. The topological polar surface area (TPSA) is 58.6 Å². The molecule has 29 heavy (non-hydrogen) atoms. The first kappa shape index (κ1) is 20.0. The van der Waals surface area contributed by atoms with Gasteiger partial charge in [0.05, 0.1) is 13.2 Å². The highest BCUT2D eigenvalue weighted by molar-refractivity contribution is 7.09. The maximum absolute atomic E-state index is 13.2. The Kier molecular flexibility index (Phi) is 5.90. The van der Waals surface area contributed by atoms with Gasteiger partial charge in [-0.1, -0.05) is 24.3 Å². The smallest absolute Gasteiger partial charge is 0.223 e. The summed E-state index contributed by atoms with van der Waals surface area (Å²) in [5.41, 5.74) is 0.792. The van der Waals surface area contributed by atoms with Crippen LogP contribution in [0.3, 0.4) is 0 Å². The minimum atomic E-state index is -0.294. The molecule has 1 aromatic carbocycles. The van der Waals surface area contributed by atoms with Crippen molar-refractivity contribution in [3.63, 3.8) is 0 Å². The van der Waals surface area contributed by atoms with Gasteiger partial charge in [-0.25, -0.2) is 0 Å². The summed E-state index contributed by atoms with van der Waals surface area (Å²) >= 11 is 1.71. The summed E-state index contributed by atoms with van der Waals surface area (Å²) in [6.45, 7) is 0.784. The second-order valence-corrected chi connectivity index (χ2v) is 9.10. The van der Waals surface area contributed by atoms with Gasteiger partial charge in [0.25, 0.3) is 0 Å². The summed E-state index contributed by atoms with van der Waals surface area (Å²) in [4.78, 5) is 28.4. The molecule has 6 heteroatoms. The van der Waals surface area contributed by atoms with E-state index >= 15 is 0 Å². The van der Waals surface area contributed by atoms with Gasteiger partial charge in [-0.3, -0.25) is 9.59 Å². The molecule has 0 saturated carbocycles. The fraction of sp³-hybridized carbons (Fsp3) is 0.478. The van der Waals surface area contributed by atoms with Crippen molar-refractivity contribution < 1.29 is 14.3 Å². The molecule has 2 aliphatic rings. The molecule has 0 radical (unpaired) electrons. The highest BCUT2D eigenvalue weighted by Crippen LogP contribution is 2.38. The quantitative estimate of drug-likeness (QED) is 0.745. The number of amides is 2. The van der Waals surface area contributed by atoms with Crippen molar-refractivity contribution in [2.45, 2.75) is 56.5 Å². The summed E-state index contributed by atoms with van der Waals surface area (Å²) in [5.74, 6) is 1.11. The van der Waals surface area contributed by atoms with E-state index in [1.807, 2.05) is 29.2 Å². The van der Waals surface area contributed by atoms with Crippen molar-refractivity contribution in [3.8, 4) is 5.75 Å². The Bertz CT molecular complexity index is 867. The van der Waals surface area contributed by atoms with Crippen LogP contribution in [0.5, 0.6) is 5.75 Å². The van der Waals surface area contributed by atoms with Gasteiger partial charge >= 0.3 is 0 Å². The number of hydrogen-bond donors (Lipinski definition) is 1. The second kappa shape index (κ2) is 8.57. The van der Waals surface area contributed by atoms with E-state index in [0.29, 0.717) is 19.3 Å². The SMILES string of the molecule is COc1ccccc1[C@@H]1CCCN1C(=O)CC[C@@]1(Cc2cccs2)CCC(=O)N1. The summed E-state index contributed by atoms with van der Waals surface area (Å²) in [5, 5.41) is 5.25. The molecule has 2 atom stereocenters. The fourth-order valence-electron chi connectivity index (χ4n) is 4.75. The van der Waals surface area contributed by atoms with Crippen molar-refractivity contribution >= 4 is 23.2 Å². The van der Waals surface area contributed by atoms with Crippen molar-refractivity contribution in [3.05, 3.63) is 52.2 Å². The van der Waals surface area contributed by atoms with Crippen LogP contribution in [0, 0.1) is 0 Å². The van der Waals surface area contributed by atoms with E-state index in [9.17, 15) is 9.59 Å². The third-order valence-electron chi connectivity index (χ3n) is 6.22. The van der Waals surface area contributed by atoms with E-state index in [0.717, 1.165) is 43.5 Å². The Morgan fingerprint density at radius 3 is 2.90 bits per heavy atom. The normalized spacial score (nSPS) is 24.0. The highest BCUT2D eigenvalue weighted by atomic mass is 32.1. The number of carbonyl (C=O) groups excluding carboxylic acids is 2. The number of methoxy groups -OCH3 is 1. The number of nitrogens with zero attached hydrogens (tertiary/aromatic N) is 1. The number of rotatable bonds is 7. The van der Waals surface area contributed by atoms with Crippen molar-refractivity contribution in [2.75, 3.05) is 13.7 Å². The monoisotopic (exact) mass is 412 g/mol. The minimum Gasteiger partial charge on any atom is -0.496 e. The predicted octanol–water partition coefficient (Wildman–Crippen LogP) is 4.09. The molecule has 0 unspecified atom stereocenters. The number of thiophene rings is 1. The number of ether oxygens (including phenoxy) is 1. The lowest BCUT2D eigenvalue weighted by Crippen LogP contribution is -2.44. The summed E-state index contributed by atoms with van der Waals surface area (Å²) in [7, 11) is 1.68. The van der Waals surface area contributed by atoms with Crippen LogP contribution in [0.4, 0.5) is 0 Å². The number of likely N-dealkylation sites (tertiary alicyclic amines) is 1. The first-order valence-electron chi connectivity index (χ1n) is 10.4. The van der Waals surface area contributed by atoms with Gasteiger partial charge in [-0.15, -0.1) is 11.3 Å². The van der Waals surface area contributed by atoms with Gasteiger partial charge in [0.2, 0.25) is 11.8 Å². The van der Waals surface area contributed by atoms with Crippen LogP contribution < -0.4 is 10.1 Å². The van der Waals surface area contributed by atoms with Gasteiger partial charge in [-0.2, -0.15) is 0 Å². The number of hydrogen-bond acceptors (Lipinski definition) is 4. The summed E-state index contributed by atoms with van der Waals surface area (Å²) in [6, 6.07) is 12.2. The number of carbonyl (C=O) groups is 2. The molecule has 2 aromatic rings.